The molecule has 0 radical (unpaired) electrons. The number of carbonyl (C=O) groups excluding carboxylic acids is 8. The summed E-state index contributed by atoms with van der Waals surface area (Å²) in [5, 5.41) is 11.2. The molecular weight excluding hydrogens is 959 g/mol. The van der Waals surface area contributed by atoms with E-state index >= 15 is 4.79 Å². The lowest BCUT2D eigenvalue weighted by atomic mass is 10.0. The second kappa shape index (κ2) is 28.4. The first-order valence-corrected chi connectivity index (χ1v) is 24.7. The zero-order valence-corrected chi connectivity index (χ0v) is 41.9. The van der Waals surface area contributed by atoms with E-state index in [1.807, 2.05) is 31.2 Å². The van der Waals surface area contributed by atoms with Gasteiger partial charge in [0.1, 0.15) is 50.0 Å². The minimum Gasteiger partial charge on any atom is -0.461 e. The predicted molar refractivity (Wildman–Crippen MR) is 278 cm³/mol. The lowest BCUT2D eigenvalue weighted by Gasteiger charge is -2.32. The number of nitrogens with zero attached hydrogens (tertiary/aromatic N) is 1. The van der Waals surface area contributed by atoms with Crippen molar-refractivity contribution in [3.63, 3.8) is 0 Å². The highest BCUT2D eigenvalue weighted by atomic mass is 16.6. The molecule has 0 aliphatic rings. The van der Waals surface area contributed by atoms with Gasteiger partial charge in [-0.25, -0.2) is 4.79 Å². The quantitative estimate of drug-likeness (QED) is 0.0279. The molecule has 0 unspecified atom stereocenters. The number of aromatic nitrogens is 1. The van der Waals surface area contributed by atoms with Crippen LogP contribution in [0.1, 0.15) is 66.8 Å². The van der Waals surface area contributed by atoms with Gasteiger partial charge in [-0.2, -0.15) is 0 Å². The summed E-state index contributed by atoms with van der Waals surface area (Å²) in [5.41, 5.74) is 9.82. The maximum Gasteiger partial charge on any atom is 0.408 e. The number of nitrogens with one attached hydrogen (secondary N) is 5. The third kappa shape index (κ3) is 17.4. The number of nitrogens with two attached hydrogens (primary N) is 1. The van der Waals surface area contributed by atoms with E-state index in [1.54, 1.807) is 128 Å². The van der Waals surface area contributed by atoms with Crippen LogP contribution in [0.4, 0.5) is 4.79 Å². The van der Waals surface area contributed by atoms with Crippen LogP contribution in [-0.4, -0.2) is 94.7 Å². The van der Waals surface area contributed by atoms with E-state index in [0.717, 1.165) is 15.8 Å². The van der Waals surface area contributed by atoms with Crippen LogP contribution in [0.2, 0.25) is 0 Å². The van der Waals surface area contributed by atoms with Gasteiger partial charge < -0.3 is 51.1 Å². The average Bonchev–Trinajstić information content (AvgIpc) is 3.83. The molecular formula is C57H63N7O11. The van der Waals surface area contributed by atoms with E-state index in [-0.39, 0.29) is 39.1 Å². The fourth-order valence-electron chi connectivity index (χ4n) is 8.16. The number of esters is 2. The molecule has 75 heavy (non-hydrogen) atoms. The van der Waals surface area contributed by atoms with Crippen molar-refractivity contribution >= 4 is 58.5 Å². The van der Waals surface area contributed by atoms with Gasteiger partial charge in [0, 0.05) is 37.0 Å². The molecule has 6 rings (SSSR count). The number of amides is 6. The highest BCUT2D eigenvalue weighted by Crippen LogP contribution is 2.21. The summed E-state index contributed by atoms with van der Waals surface area (Å²) < 4.78 is 16.4. The highest BCUT2D eigenvalue weighted by Gasteiger charge is 2.37. The number of aromatic amines is 1. The molecule has 6 amide bonds. The number of primary amides is 1. The van der Waals surface area contributed by atoms with Crippen molar-refractivity contribution in [2.45, 2.75) is 102 Å². The summed E-state index contributed by atoms with van der Waals surface area (Å²) in [5.74, 6) is -5.95. The van der Waals surface area contributed by atoms with E-state index in [1.165, 1.54) is 7.05 Å². The van der Waals surface area contributed by atoms with Crippen molar-refractivity contribution in [3.05, 3.63) is 180 Å². The number of likely N-dealkylation sites (N-methyl/N-ethyl adjacent to an activating group) is 1. The number of hydrogen-bond donors (Lipinski definition) is 6. The van der Waals surface area contributed by atoms with Gasteiger partial charge in [0.25, 0.3) is 0 Å². The molecule has 6 aromatic rings. The predicted octanol–water partition coefficient (Wildman–Crippen LogP) is 5.47. The normalized spacial score (nSPS) is 12.9. The van der Waals surface area contributed by atoms with Crippen molar-refractivity contribution in [1.82, 2.24) is 31.2 Å². The first kappa shape index (κ1) is 55.5. The maximum atomic E-state index is 15.1. The Bertz CT molecular complexity index is 2790. The van der Waals surface area contributed by atoms with Crippen LogP contribution in [-0.2, 0) is 80.4 Å². The molecule has 1 heterocycles. The van der Waals surface area contributed by atoms with Gasteiger partial charge in [0.2, 0.25) is 29.5 Å². The summed E-state index contributed by atoms with van der Waals surface area (Å²) in [6.07, 6.45) is 0.339. The van der Waals surface area contributed by atoms with Gasteiger partial charge in [-0.3, -0.25) is 33.6 Å². The van der Waals surface area contributed by atoms with Crippen LogP contribution in [0.5, 0.6) is 0 Å². The van der Waals surface area contributed by atoms with Crippen LogP contribution in [0.3, 0.4) is 0 Å². The van der Waals surface area contributed by atoms with Crippen molar-refractivity contribution in [1.29, 1.82) is 0 Å². The lowest BCUT2D eigenvalue weighted by molar-refractivity contribution is -0.149. The van der Waals surface area contributed by atoms with E-state index in [4.69, 9.17) is 19.9 Å². The van der Waals surface area contributed by atoms with Gasteiger partial charge in [0.05, 0.1) is 12.8 Å². The molecule has 0 saturated carbocycles. The molecule has 7 N–H and O–H groups in total. The summed E-state index contributed by atoms with van der Waals surface area (Å²) in [4.78, 5) is 115. The summed E-state index contributed by atoms with van der Waals surface area (Å²) in [7, 11) is 1.38. The maximum absolute atomic E-state index is 15.1. The molecule has 0 aliphatic heterocycles. The molecule has 1 aromatic heterocycles. The SMILES string of the molecule is CCCC[C@@H](C(=O)N[C@@H](CC(=O)OCc1ccccc1)C(=O)N[C@@H](Cc1ccccc1)C(N)=O)N(C)C(=O)[C@H](Cc1c[nH]c2ccccc12)NC(=O)[C@H](CC(=O)OCc1ccccc1)NC(=O)OCc1ccccc1. The third-order valence-corrected chi connectivity index (χ3v) is 12.3. The zero-order chi connectivity index (χ0) is 53.5. The van der Waals surface area contributed by atoms with Gasteiger partial charge >= 0.3 is 18.0 Å². The Labute approximate surface area is 435 Å². The number of fused-ring (bicyclic) bond motifs is 1. The fourth-order valence-corrected chi connectivity index (χ4v) is 8.16. The first-order valence-electron chi connectivity index (χ1n) is 24.7. The summed E-state index contributed by atoms with van der Waals surface area (Å²) in [6.45, 7) is 1.50. The van der Waals surface area contributed by atoms with Crippen LogP contribution in [0.15, 0.2) is 152 Å². The number of H-pyrrole nitrogens is 1. The highest BCUT2D eigenvalue weighted by molar-refractivity contribution is 5.98. The molecule has 5 aromatic carbocycles. The Morgan fingerprint density at radius 1 is 0.533 bits per heavy atom. The monoisotopic (exact) mass is 1020 g/mol. The fraction of sp³-hybridized carbons (Fsp3) is 0.298. The Kier molecular flexibility index (Phi) is 21.1. The first-order chi connectivity index (χ1) is 36.3. The molecule has 0 fully saturated rings. The number of benzene rings is 5. The lowest BCUT2D eigenvalue weighted by Crippen LogP contribution is -2.60. The number of hydrogen-bond acceptors (Lipinski definition) is 11. The molecule has 0 saturated heterocycles. The Balaban J connectivity index is 1.26. The van der Waals surface area contributed by atoms with Crippen LogP contribution < -0.4 is 27.0 Å². The van der Waals surface area contributed by atoms with Crippen molar-refractivity contribution in [3.8, 4) is 0 Å². The smallest absolute Gasteiger partial charge is 0.408 e. The Hall–Kier alpha value is -8.80. The molecule has 0 spiro atoms. The number of ether oxygens (including phenoxy) is 3. The molecule has 18 heteroatoms. The summed E-state index contributed by atoms with van der Waals surface area (Å²) in [6, 6.07) is 35.5. The second-order valence-corrected chi connectivity index (χ2v) is 17.9. The molecule has 0 bridgehead atoms. The van der Waals surface area contributed by atoms with Gasteiger partial charge in [-0.15, -0.1) is 0 Å². The van der Waals surface area contributed by atoms with Crippen molar-refractivity contribution in [2.24, 2.45) is 5.73 Å². The minimum atomic E-state index is -1.61. The summed E-state index contributed by atoms with van der Waals surface area (Å²) >= 11 is 0. The van der Waals surface area contributed by atoms with Gasteiger partial charge in [0.15, 0.2) is 0 Å². The third-order valence-electron chi connectivity index (χ3n) is 12.3. The number of unbranched alkanes of at least 4 members (excludes halogenated alkanes) is 1. The van der Waals surface area contributed by atoms with E-state index in [9.17, 15) is 33.6 Å². The minimum absolute atomic E-state index is 0.0149. The second-order valence-electron chi connectivity index (χ2n) is 17.9. The van der Waals surface area contributed by atoms with Gasteiger partial charge in [-0.05, 0) is 40.3 Å². The Morgan fingerprint density at radius 2 is 0.987 bits per heavy atom. The molecule has 18 nitrogen and oxygen atoms in total. The topological polar surface area (TPSA) is 257 Å². The van der Waals surface area contributed by atoms with Crippen LogP contribution in [0, 0.1) is 0 Å². The van der Waals surface area contributed by atoms with Crippen molar-refractivity contribution in [2.75, 3.05) is 7.05 Å². The van der Waals surface area contributed by atoms with E-state index in [2.05, 4.69) is 26.3 Å². The Morgan fingerprint density at radius 3 is 1.51 bits per heavy atom. The molecule has 5 atom stereocenters. The van der Waals surface area contributed by atoms with Crippen LogP contribution >= 0.6 is 0 Å². The average molecular weight is 1020 g/mol. The van der Waals surface area contributed by atoms with Crippen molar-refractivity contribution < 1.29 is 52.6 Å². The number of para-hydroxylation sites is 1. The number of alkyl carbamates (subject to hydrolysis) is 1. The van der Waals surface area contributed by atoms with Gasteiger partial charge in [-0.1, -0.05) is 159 Å². The number of carbonyl (C=O) groups is 8. The zero-order valence-electron chi connectivity index (χ0n) is 41.9. The van der Waals surface area contributed by atoms with E-state index < -0.39 is 90.6 Å². The standard InChI is InChI=1S/C57H63N7O11/c1-3-4-29-49(55(70)61-46(32-50(65)73-35-39-21-11-6-12-22-39)53(68)60-45(52(58)67)30-38-19-9-5-10-20-38)64(2)56(71)48(31-42-34-59-44-28-18-17-27-43(42)44)62-54(69)47(33-51(66)74-36-40-23-13-7-14-24-40)63-57(72)75-37-41-25-15-8-16-26-41/h5-28,34,45-49,59H,3-4,29-33,35-37H2,1-2H3,(H2,58,67)(H,60,68)(H,61,70)(H,62,69)(H,63,72)/t45-,46-,47-,48-,49-/m0/s1. The molecule has 392 valence electrons. The van der Waals surface area contributed by atoms with Crippen LogP contribution in [0.25, 0.3) is 10.9 Å². The molecule has 0 aliphatic carbocycles. The van der Waals surface area contributed by atoms with E-state index in [0.29, 0.717) is 40.7 Å². The largest absolute Gasteiger partial charge is 0.461 e. The number of rotatable bonds is 27.